The van der Waals surface area contributed by atoms with Crippen LogP contribution in [0.25, 0.3) is 0 Å². The van der Waals surface area contributed by atoms with Gasteiger partial charge in [-0.25, -0.2) is 12.8 Å². The Morgan fingerprint density at radius 1 is 1.14 bits per heavy atom. The highest BCUT2D eigenvalue weighted by Crippen LogP contribution is 2.23. The summed E-state index contributed by atoms with van der Waals surface area (Å²) in [6, 6.07) is 5.98. The first kappa shape index (κ1) is 20.7. The van der Waals surface area contributed by atoms with Crippen LogP contribution in [0.3, 0.4) is 0 Å². The Morgan fingerprint density at radius 3 is 2.55 bits per heavy atom. The molecule has 11 heteroatoms. The van der Waals surface area contributed by atoms with E-state index in [-0.39, 0.29) is 48.5 Å². The molecule has 0 saturated carbocycles. The molecule has 154 valence electrons. The largest absolute Gasteiger partial charge is 0.438 e. The minimum atomic E-state index is -3.88. The lowest BCUT2D eigenvalue weighted by Gasteiger charge is -2.24. The summed E-state index contributed by atoms with van der Waals surface area (Å²) in [7, 11) is -3.88. The van der Waals surface area contributed by atoms with Crippen LogP contribution < -0.4 is 10.6 Å². The maximum Gasteiger partial charge on any atom is 0.291 e. The second-order valence-electron chi connectivity index (χ2n) is 5.98. The molecule has 0 radical (unpaired) electrons. The van der Waals surface area contributed by atoms with Crippen LogP contribution in [0.2, 0.25) is 0 Å². The van der Waals surface area contributed by atoms with Gasteiger partial charge in [-0.1, -0.05) is 6.58 Å². The molecule has 2 aromatic rings. The summed E-state index contributed by atoms with van der Waals surface area (Å²) in [5.74, 6) is -2.29. The zero-order valence-corrected chi connectivity index (χ0v) is 16.0. The van der Waals surface area contributed by atoms with Crippen molar-refractivity contribution in [2.75, 3.05) is 36.9 Å². The molecule has 0 unspecified atom stereocenters. The van der Waals surface area contributed by atoms with Crippen molar-refractivity contribution in [3.63, 3.8) is 0 Å². The number of furan rings is 1. The summed E-state index contributed by atoms with van der Waals surface area (Å²) in [5.41, 5.74) is 0.0208. The van der Waals surface area contributed by atoms with Crippen molar-refractivity contribution in [1.82, 2.24) is 4.31 Å². The number of halogens is 1. The predicted octanol–water partition coefficient (Wildman–Crippen LogP) is 1.82. The Morgan fingerprint density at radius 2 is 1.86 bits per heavy atom. The summed E-state index contributed by atoms with van der Waals surface area (Å²) in [6.07, 6.45) is 0.976. The SMILES string of the molecule is C=CC(=O)Nc1cc(NC(=O)c2ccc(S(=O)(=O)N3CCOCC3)o2)ccc1F. The first-order valence-corrected chi connectivity index (χ1v) is 9.97. The van der Waals surface area contributed by atoms with Crippen LogP contribution in [0.1, 0.15) is 10.6 Å². The lowest BCUT2D eigenvalue weighted by Crippen LogP contribution is -2.40. The van der Waals surface area contributed by atoms with E-state index >= 15 is 0 Å². The van der Waals surface area contributed by atoms with Crippen molar-refractivity contribution in [2.24, 2.45) is 0 Å². The Hall–Kier alpha value is -3.02. The Balaban J connectivity index is 1.74. The second-order valence-corrected chi connectivity index (χ2v) is 7.85. The average molecular weight is 423 g/mol. The highest BCUT2D eigenvalue weighted by atomic mass is 32.2. The monoisotopic (exact) mass is 423 g/mol. The number of sulfonamides is 1. The zero-order valence-electron chi connectivity index (χ0n) is 15.2. The van der Waals surface area contributed by atoms with Crippen LogP contribution in [-0.2, 0) is 19.6 Å². The minimum absolute atomic E-state index is 0.150. The third-order valence-corrected chi connectivity index (χ3v) is 5.81. The molecule has 0 spiro atoms. The third-order valence-electron chi connectivity index (χ3n) is 4.04. The Labute approximate surface area is 166 Å². The lowest BCUT2D eigenvalue weighted by molar-refractivity contribution is -0.111. The topological polar surface area (TPSA) is 118 Å². The van der Waals surface area contributed by atoms with E-state index in [1.165, 1.54) is 28.6 Å². The van der Waals surface area contributed by atoms with Crippen molar-refractivity contribution >= 4 is 33.2 Å². The van der Waals surface area contributed by atoms with E-state index in [0.717, 1.165) is 12.1 Å². The first-order valence-electron chi connectivity index (χ1n) is 8.53. The molecule has 0 bridgehead atoms. The number of carbonyl (C=O) groups is 2. The van der Waals surface area contributed by atoms with Crippen LogP contribution >= 0.6 is 0 Å². The van der Waals surface area contributed by atoms with Gasteiger partial charge >= 0.3 is 0 Å². The fraction of sp³-hybridized carbons (Fsp3) is 0.222. The molecule has 2 N–H and O–H groups in total. The average Bonchev–Trinajstić information content (AvgIpc) is 3.22. The van der Waals surface area contributed by atoms with Crippen molar-refractivity contribution in [2.45, 2.75) is 5.09 Å². The van der Waals surface area contributed by atoms with Gasteiger partial charge in [0, 0.05) is 18.8 Å². The number of anilines is 2. The van der Waals surface area contributed by atoms with Crippen LogP contribution in [0.5, 0.6) is 0 Å². The van der Waals surface area contributed by atoms with Gasteiger partial charge in [-0.3, -0.25) is 9.59 Å². The van der Waals surface area contributed by atoms with E-state index in [9.17, 15) is 22.4 Å². The first-order chi connectivity index (χ1) is 13.8. The quantitative estimate of drug-likeness (QED) is 0.685. The number of morpholine rings is 1. The number of nitrogens with one attached hydrogen (secondary N) is 2. The van der Waals surface area contributed by atoms with Gasteiger partial charge in [0.25, 0.3) is 15.9 Å². The highest BCUT2D eigenvalue weighted by molar-refractivity contribution is 7.89. The summed E-state index contributed by atoms with van der Waals surface area (Å²) in [5, 5.41) is 4.37. The number of amides is 2. The predicted molar refractivity (Wildman–Crippen MR) is 101 cm³/mol. The van der Waals surface area contributed by atoms with Crippen molar-refractivity contribution in [1.29, 1.82) is 0 Å². The van der Waals surface area contributed by atoms with Gasteiger partial charge in [-0.15, -0.1) is 0 Å². The lowest BCUT2D eigenvalue weighted by atomic mass is 10.2. The molecule has 9 nitrogen and oxygen atoms in total. The number of hydrogen-bond donors (Lipinski definition) is 2. The summed E-state index contributed by atoms with van der Waals surface area (Å²) < 4.78 is 50.5. The minimum Gasteiger partial charge on any atom is -0.438 e. The fourth-order valence-electron chi connectivity index (χ4n) is 2.57. The highest BCUT2D eigenvalue weighted by Gasteiger charge is 2.30. The number of hydrogen-bond acceptors (Lipinski definition) is 6. The Bertz CT molecular complexity index is 1040. The van der Waals surface area contributed by atoms with Gasteiger partial charge in [-0.2, -0.15) is 4.31 Å². The van der Waals surface area contributed by atoms with Crippen LogP contribution in [-0.4, -0.2) is 50.8 Å². The molecular weight excluding hydrogens is 405 g/mol. The van der Waals surface area contributed by atoms with Crippen LogP contribution in [0.15, 0.2) is 52.5 Å². The van der Waals surface area contributed by atoms with Gasteiger partial charge in [0.05, 0.1) is 18.9 Å². The van der Waals surface area contributed by atoms with Crippen molar-refractivity contribution in [3.8, 4) is 0 Å². The van der Waals surface area contributed by atoms with Gasteiger partial charge in [-0.05, 0) is 36.4 Å². The Kier molecular flexibility index (Phi) is 6.11. The van der Waals surface area contributed by atoms with Crippen LogP contribution in [0, 0.1) is 5.82 Å². The van der Waals surface area contributed by atoms with Gasteiger partial charge < -0.3 is 19.8 Å². The molecule has 1 aromatic carbocycles. The molecule has 1 aliphatic rings. The third kappa shape index (κ3) is 4.70. The molecular formula is C18H18FN3O6S. The molecule has 2 heterocycles. The standard InChI is InChI=1S/C18H18FN3O6S/c1-2-16(23)21-14-11-12(3-4-13(14)19)20-18(24)15-5-6-17(28-15)29(25,26)22-7-9-27-10-8-22/h2-6,11H,1,7-10H2,(H,20,24)(H,21,23). The summed E-state index contributed by atoms with van der Waals surface area (Å²) >= 11 is 0. The normalized spacial score (nSPS) is 14.9. The van der Waals surface area contributed by atoms with E-state index in [2.05, 4.69) is 17.2 Å². The van der Waals surface area contributed by atoms with Gasteiger partial charge in [0.1, 0.15) is 5.82 Å². The molecule has 0 aliphatic carbocycles. The summed E-state index contributed by atoms with van der Waals surface area (Å²) in [4.78, 5) is 23.7. The van der Waals surface area contributed by atoms with E-state index in [1.54, 1.807) is 0 Å². The molecule has 29 heavy (non-hydrogen) atoms. The van der Waals surface area contributed by atoms with Gasteiger partial charge in [0.15, 0.2) is 5.76 Å². The van der Waals surface area contributed by atoms with Crippen LogP contribution in [0.4, 0.5) is 15.8 Å². The van der Waals surface area contributed by atoms with Gasteiger partial charge in [0.2, 0.25) is 11.0 Å². The molecule has 1 saturated heterocycles. The van der Waals surface area contributed by atoms with E-state index in [0.29, 0.717) is 0 Å². The molecule has 1 aliphatic heterocycles. The number of rotatable bonds is 6. The number of benzene rings is 1. The summed E-state index contributed by atoms with van der Waals surface area (Å²) in [6.45, 7) is 4.22. The van der Waals surface area contributed by atoms with Crippen molar-refractivity contribution in [3.05, 3.63) is 54.6 Å². The molecule has 2 amide bonds. The zero-order chi connectivity index (χ0) is 21.0. The molecule has 1 aromatic heterocycles. The van der Waals surface area contributed by atoms with E-state index < -0.39 is 27.7 Å². The van der Waals surface area contributed by atoms with E-state index in [4.69, 9.17) is 9.15 Å². The molecule has 1 fully saturated rings. The fourth-order valence-corrected chi connectivity index (χ4v) is 3.89. The molecule has 0 atom stereocenters. The molecule has 3 rings (SSSR count). The second kappa shape index (κ2) is 8.55. The number of carbonyl (C=O) groups excluding carboxylic acids is 2. The maximum atomic E-state index is 13.8. The number of nitrogens with zero attached hydrogens (tertiary/aromatic N) is 1. The smallest absolute Gasteiger partial charge is 0.291 e. The van der Waals surface area contributed by atoms with Crippen molar-refractivity contribution < 1.29 is 31.6 Å². The van der Waals surface area contributed by atoms with E-state index in [1.807, 2.05) is 0 Å². The number of ether oxygens (including phenoxy) is 1. The maximum absolute atomic E-state index is 13.8.